The van der Waals surface area contributed by atoms with Crippen LogP contribution in [0.3, 0.4) is 0 Å². The Bertz CT molecular complexity index is 503. The van der Waals surface area contributed by atoms with Crippen LogP contribution in [0.2, 0.25) is 0 Å². The Labute approximate surface area is 142 Å². The van der Waals surface area contributed by atoms with E-state index in [1.165, 1.54) is 11.4 Å². The van der Waals surface area contributed by atoms with Crippen molar-refractivity contribution < 1.29 is 13.6 Å². The SMILES string of the molecule is CCCSP(=O)(OCC)OC(=CSC(C)C)c1ccccc1. The maximum atomic E-state index is 12.9. The summed E-state index contributed by atoms with van der Waals surface area (Å²) in [5.41, 5.74) is 0.910. The van der Waals surface area contributed by atoms with Crippen LogP contribution in [-0.4, -0.2) is 17.6 Å². The standard InChI is InChI=1S/C16H25O3PS2/c1-5-12-22-20(17,18-6-2)19-16(13-21-14(3)4)15-10-8-7-9-11-15/h7-11,13-14H,5-6,12H2,1-4H3. The Balaban J connectivity index is 3.00. The Morgan fingerprint density at radius 2 is 1.95 bits per heavy atom. The Hall–Kier alpha value is -0.350. The third-order valence-electron chi connectivity index (χ3n) is 2.46. The van der Waals surface area contributed by atoms with Gasteiger partial charge in [0.05, 0.1) is 6.61 Å². The van der Waals surface area contributed by atoms with Gasteiger partial charge in [-0.2, -0.15) is 0 Å². The number of rotatable bonds is 10. The fraction of sp³-hybridized carbons (Fsp3) is 0.500. The average Bonchev–Trinajstić information content (AvgIpc) is 2.50. The van der Waals surface area contributed by atoms with Gasteiger partial charge in [-0.15, -0.1) is 11.8 Å². The number of hydrogen-bond donors (Lipinski definition) is 0. The molecular formula is C16H25O3PS2. The van der Waals surface area contributed by atoms with Gasteiger partial charge < -0.3 is 4.52 Å². The molecule has 3 nitrogen and oxygen atoms in total. The van der Waals surface area contributed by atoms with Crippen LogP contribution in [0.25, 0.3) is 5.76 Å². The van der Waals surface area contributed by atoms with Crippen molar-refractivity contribution in [1.82, 2.24) is 0 Å². The molecule has 0 aromatic heterocycles. The van der Waals surface area contributed by atoms with E-state index in [1.54, 1.807) is 11.8 Å². The third kappa shape index (κ3) is 7.28. The van der Waals surface area contributed by atoms with Gasteiger partial charge in [0.2, 0.25) is 0 Å². The first kappa shape index (κ1) is 19.7. The summed E-state index contributed by atoms with van der Waals surface area (Å²) in [5, 5.41) is 2.36. The first-order chi connectivity index (χ1) is 10.5. The molecule has 0 radical (unpaired) electrons. The molecular weight excluding hydrogens is 335 g/mol. The van der Waals surface area contributed by atoms with Crippen molar-refractivity contribution in [3.8, 4) is 0 Å². The Morgan fingerprint density at radius 1 is 1.27 bits per heavy atom. The first-order valence-corrected chi connectivity index (χ1v) is 11.6. The third-order valence-corrected chi connectivity index (χ3v) is 7.29. The minimum absolute atomic E-state index is 0.368. The van der Waals surface area contributed by atoms with Crippen LogP contribution < -0.4 is 0 Å². The van der Waals surface area contributed by atoms with E-state index in [4.69, 9.17) is 9.05 Å². The molecule has 1 aromatic rings. The Morgan fingerprint density at radius 3 is 2.50 bits per heavy atom. The molecule has 0 saturated carbocycles. The molecule has 0 spiro atoms. The maximum Gasteiger partial charge on any atom is 0.440 e. The molecule has 0 heterocycles. The Kier molecular flexibility index (Phi) is 9.34. The minimum Gasteiger partial charge on any atom is -0.416 e. The van der Waals surface area contributed by atoms with E-state index in [0.717, 1.165) is 17.7 Å². The van der Waals surface area contributed by atoms with Crippen LogP contribution in [0.4, 0.5) is 0 Å². The largest absolute Gasteiger partial charge is 0.440 e. The summed E-state index contributed by atoms with van der Waals surface area (Å²) in [7, 11) is 0. The van der Waals surface area contributed by atoms with Crippen molar-refractivity contribution >= 4 is 35.7 Å². The van der Waals surface area contributed by atoms with Crippen molar-refractivity contribution in [1.29, 1.82) is 0 Å². The van der Waals surface area contributed by atoms with Crippen LogP contribution in [0.5, 0.6) is 0 Å². The summed E-state index contributed by atoms with van der Waals surface area (Å²) < 4.78 is 24.2. The highest BCUT2D eigenvalue weighted by molar-refractivity contribution is 8.55. The van der Waals surface area contributed by atoms with Crippen molar-refractivity contribution in [3.05, 3.63) is 41.3 Å². The molecule has 6 heteroatoms. The molecule has 0 aliphatic rings. The van der Waals surface area contributed by atoms with E-state index < -0.39 is 6.80 Å². The lowest BCUT2D eigenvalue weighted by atomic mass is 10.2. The lowest BCUT2D eigenvalue weighted by molar-refractivity contribution is 0.287. The first-order valence-electron chi connectivity index (χ1n) is 7.50. The zero-order valence-corrected chi connectivity index (χ0v) is 16.2. The van der Waals surface area contributed by atoms with Gasteiger partial charge in [0.15, 0.2) is 0 Å². The second-order valence-electron chi connectivity index (χ2n) is 4.82. The van der Waals surface area contributed by atoms with Gasteiger partial charge in [0.1, 0.15) is 5.76 Å². The summed E-state index contributed by atoms with van der Waals surface area (Å²) in [6, 6.07) is 9.74. The van der Waals surface area contributed by atoms with E-state index in [2.05, 4.69) is 13.8 Å². The summed E-state index contributed by atoms with van der Waals surface area (Å²) >= 11 is 2.91. The lowest BCUT2D eigenvalue weighted by Gasteiger charge is -2.20. The van der Waals surface area contributed by atoms with E-state index in [0.29, 0.717) is 17.6 Å². The molecule has 0 bridgehead atoms. The van der Waals surface area contributed by atoms with Gasteiger partial charge >= 0.3 is 6.80 Å². The topological polar surface area (TPSA) is 35.5 Å². The van der Waals surface area contributed by atoms with Crippen molar-refractivity contribution in [2.45, 2.75) is 39.4 Å². The molecule has 0 aliphatic carbocycles. The lowest BCUT2D eigenvalue weighted by Crippen LogP contribution is -1.95. The van der Waals surface area contributed by atoms with Crippen LogP contribution in [0, 0.1) is 0 Å². The summed E-state index contributed by atoms with van der Waals surface area (Å²) in [4.78, 5) is 0. The van der Waals surface area contributed by atoms with Crippen LogP contribution >= 0.6 is 29.9 Å². The van der Waals surface area contributed by atoms with Crippen LogP contribution in [0.1, 0.15) is 39.7 Å². The van der Waals surface area contributed by atoms with Gasteiger partial charge in [0, 0.05) is 22.0 Å². The fourth-order valence-electron chi connectivity index (χ4n) is 1.51. The van der Waals surface area contributed by atoms with Crippen molar-refractivity contribution in [3.63, 3.8) is 0 Å². The second kappa shape index (κ2) is 10.4. The van der Waals surface area contributed by atoms with Gasteiger partial charge in [-0.1, -0.05) is 51.1 Å². The molecule has 0 fully saturated rings. The summed E-state index contributed by atoms with van der Waals surface area (Å²) in [6.45, 7) is 5.28. The molecule has 1 atom stereocenters. The predicted molar refractivity (Wildman–Crippen MR) is 100 cm³/mol. The average molecular weight is 360 g/mol. The monoisotopic (exact) mass is 360 g/mol. The zero-order valence-electron chi connectivity index (χ0n) is 13.7. The van der Waals surface area contributed by atoms with Gasteiger partial charge in [-0.05, 0) is 24.7 Å². The highest BCUT2D eigenvalue weighted by Crippen LogP contribution is 2.63. The molecule has 1 aromatic carbocycles. The highest BCUT2D eigenvalue weighted by atomic mass is 32.7. The minimum atomic E-state index is -3.18. The number of benzene rings is 1. The molecule has 1 unspecified atom stereocenters. The van der Waals surface area contributed by atoms with Gasteiger partial charge in [0.25, 0.3) is 0 Å². The fourth-order valence-corrected chi connectivity index (χ4v) is 5.62. The van der Waals surface area contributed by atoms with E-state index >= 15 is 0 Å². The molecule has 0 aliphatic heterocycles. The molecule has 124 valence electrons. The van der Waals surface area contributed by atoms with Crippen LogP contribution in [-0.2, 0) is 13.6 Å². The van der Waals surface area contributed by atoms with Crippen LogP contribution in [0.15, 0.2) is 35.7 Å². The summed E-state index contributed by atoms with van der Waals surface area (Å²) in [6.07, 6.45) is 0.927. The second-order valence-corrected chi connectivity index (χ2v) is 10.4. The number of hydrogen-bond acceptors (Lipinski definition) is 5. The zero-order chi connectivity index (χ0) is 16.4. The van der Waals surface area contributed by atoms with E-state index in [9.17, 15) is 4.57 Å². The molecule has 1 rings (SSSR count). The quantitative estimate of drug-likeness (QED) is 0.355. The molecule has 0 saturated heterocycles. The smallest absolute Gasteiger partial charge is 0.416 e. The van der Waals surface area contributed by atoms with Gasteiger partial charge in [-0.3, -0.25) is 4.52 Å². The molecule has 0 N–H and O–H groups in total. The summed E-state index contributed by atoms with van der Waals surface area (Å²) in [5.74, 6) is 1.36. The maximum absolute atomic E-state index is 12.9. The number of thioether (sulfide) groups is 1. The highest BCUT2D eigenvalue weighted by Gasteiger charge is 2.28. The molecule has 0 amide bonds. The predicted octanol–water partition coefficient (Wildman–Crippen LogP) is 6.43. The van der Waals surface area contributed by atoms with Crippen molar-refractivity contribution in [2.75, 3.05) is 12.4 Å². The van der Waals surface area contributed by atoms with E-state index in [-0.39, 0.29) is 0 Å². The molecule has 22 heavy (non-hydrogen) atoms. The van der Waals surface area contributed by atoms with E-state index in [1.807, 2.05) is 49.6 Å². The van der Waals surface area contributed by atoms with Gasteiger partial charge in [-0.25, -0.2) is 4.57 Å². The normalized spacial score (nSPS) is 14.9. The van der Waals surface area contributed by atoms with Crippen molar-refractivity contribution in [2.24, 2.45) is 0 Å².